The van der Waals surface area contributed by atoms with Crippen LogP contribution in [0.25, 0.3) is 28.0 Å². The Morgan fingerprint density at radius 2 is 1.65 bits per heavy atom. The van der Waals surface area contributed by atoms with Gasteiger partial charge >= 0.3 is 0 Å². The van der Waals surface area contributed by atoms with E-state index in [2.05, 4.69) is 157 Å². The molecule has 2 atom stereocenters. The van der Waals surface area contributed by atoms with Gasteiger partial charge in [0.05, 0.1) is 0 Å². The first-order chi connectivity index (χ1) is 21.2. The maximum absolute atomic E-state index is 6.72. The van der Waals surface area contributed by atoms with Gasteiger partial charge in [0.1, 0.15) is 12.0 Å². The van der Waals surface area contributed by atoms with Crippen LogP contribution in [0.1, 0.15) is 42.6 Å². The number of rotatable bonds is 7. The molecule has 2 unspecified atom stereocenters. The predicted octanol–water partition coefficient (Wildman–Crippen LogP) is 8.72. The summed E-state index contributed by atoms with van der Waals surface area (Å²) in [6.45, 7) is 3.02. The fourth-order valence-corrected chi connectivity index (χ4v) is 5.61. The van der Waals surface area contributed by atoms with Gasteiger partial charge in [0, 0.05) is 29.4 Å². The largest absolute Gasteiger partial charge is 0.383 e. The van der Waals surface area contributed by atoms with E-state index in [1.165, 1.54) is 33.2 Å². The van der Waals surface area contributed by atoms with Gasteiger partial charge in [-0.2, -0.15) is 0 Å². The Balaban J connectivity index is 1.31. The van der Waals surface area contributed by atoms with Gasteiger partial charge in [-0.25, -0.2) is 4.99 Å². The maximum atomic E-state index is 6.72. The van der Waals surface area contributed by atoms with Crippen molar-refractivity contribution in [3.63, 3.8) is 0 Å². The molecule has 0 aromatic heterocycles. The molecule has 0 spiro atoms. The Morgan fingerprint density at radius 1 is 0.814 bits per heavy atom. The average molecular weight is 563 g/mol. The van der Waals surface area contributed by atoms with Gasteiger partial charge in [-0.3, -0.25) is 5.32 Å². The van der Waals surface area contributed by atoms with Crippen molar-refractivity contribution in [3.8, 4) is 11.1 Å². The zero-order valence-corrected chi connectivity index (χ0v) is 24.6. The fraction of sp³-hybridized carbons (Fsp3) is 0.154. The van der Waals surface area contributed by atoms with Gasteiger partial charge in [0.15, 0.2) is 0 Å². The van der Waals surface area contributed by atoms with Gasteiger partial charge in [-0.05, 0) is 58.9 Å². The number of nitrogens with one attached hydrogen (secondary N) is 2. The zero-order valence-electron chi connectivity index (χ0n) is 24.6. The van der Waals surface area contributed by atoms with E-state index in [1.807, 2.05) is 0 Å². The van der Waals surface area contributed by atoms with Gasteiger partial charge < -0.3 is 11.1 Å². The van der Waals surface area contributed by atoms with Crippen molar-refractivity contribution in [1.29, 1.82) is 0 Å². The number of fused-ring (bicyclic) bond motifs is 2. The Labute approximate surface area is 254 Å². The third kappa shape index (κ3) is 6.77. The summed E-state index contributed by atoms with van der Waals surface area (Å²) in [6, 6.07) is 29.8. The first-order valence-corrected chi connectivity index (χ1v) is 15.1. The molecule has 2 aliphatic rings. The number of nitrogens with two attached hydrogens (primary N) is 1. The fourth-order valence-electron chi connectivity index (χ4n) is 5.61. The molecule has 1 heterocycles. The van der Waals surface area contributed by atoms with E-state index in [0.29, 0.717) is 5.84 Å². The lowest BCUT2D eigenvalue weighted by atomic mass is 9.97. The van der Waals surface area contributed by atoms with Crippen LogP contribution >= 0.6 is 0 Å². The van der Waals surface area contributed by atoms with Crippen LogP contribution in [0.5, 0.6) is 0 Å². The molecular weight excluding hydrogens is 524 g/mol. The number of para-hydroxylation sites is 1. The number of amidine groups is 1. The molecule has 4 aromatic rings. The van der Waals surface area contributed by atoms with Crippen molar-refractivity contribution in [1.82, 2.24) is 5.32 Å². The Bertz CT molecular complexity index is 1770. The Kier molecular flexibility index (Phi) is 8.77. The van der Waals surface area contributed by atoms with Crippen LogP contribution in [-0.4, -0.2) is 18.4 Å². The van der Waals surface area contributed by atoms with Crippen molar-refractivity contribution < 1.29 is 0 Å². The van der Waals surface area contributed by atoms with E-state index in [4.69, 9.17) is 10.7 Å². The number of benzene rings is 4. The molecule has 6 rings (SSSR count). The summed E-state index contributed by atoms with van der Waals surface area (Å²) in [5, 5.41) is 9.68. The minimum atomic E-state index is -0.329. The highest BCUT2D eigenvalue weighted by Crippen LogP contribution is 2.33. The molecule has 4 N–H and O–H groups in total. The second kappa shape index (κ2) is 13.4. The van der Waals surface area contributed by atoms with Crippen molar-refractivity contribution in [2.75, 3.05) is 11.9 Å². The molecule has 0 saturated carbocycles. The second-order valence-corrected chi connectivity index (χ2v) is 11.0. The second-order valence-electron chi connectivity index (χ2n) is 11.0. The van der Waals surface area contributed by atoms with E-state index >= 15 is 0 Å². The molecule has 4 heteroatoms. The molecule has 0 amide bonds. The molecule has 0 fully saturated rings. The lowest BCUT2D eigenvalue weighted by Crippen LogP contribution is -2.32. The van der Waals surface area contributed by atoms with Crippen LogP contribution < -0.4 is 16.4 Å². The van der Waals surface area contributed by atoms with Crippen molar-refractivity contribution >= 4 is 28.4 Å². The summed E-state index contributed by atoms with van der Waals surface area (Å²) in [4.78, 5) is 5.09. The minimum Gasteiger partial charge on any atom is -0.383 e. The highest BCUT2D eigenvalue weighted by atomic mass is 15.1. The van der Waals surface area contributed by atoms with E-state index in [9.17, 15) is 0 Å². The molecule has 4 nitrogen and oxygen atoms in total. The van der Waals surface area contributed by atoms with Crippen molar-refractivity contribution in [2.45, 2.75) is 32.0 Å². The number of nitrogens with zero attached hydrogens (tertiary/aromatic N) is 1. The van der Waals surface area contributed by atoms with E-state index in [-0.39, 0.29) is 12.2 Å². The first kappa shape index (κ1) is 28.2. The molecule has 0 saturated heterocycles. The van der Waals surface area contributed by atoms with E-state index < -0.39 is 0 Å². The SMILES string of the molecule is CC(NC(N=C(N)c1ccc(-c2cccc3c2NCC=C3)cc1)c1ccc2ccccc2c1)C1=C/C=C/C=C\CCC=C1. The molecule has 1 aliphatic carbocycles. The monoisotopic (exact) mass is 562 g/mol. The Morgan fingerprint density at radius 3 is 2.53 bits per heavy atom. The summed E-state index contributed by atoms with van der Waals surface area (Å²) in [5.74, 6) is 0.501. The quantitative estimate of drug-likeness (QED) is 0.156. The van der Waals surface area contributed by atoms with Gasteiger partial charge in [-0.15, -0.1) is 0 Å². The van der Waals surface area contributed by atoms with Crippen LogP contribution in [0, 0.1) is 0 Å². The molecular formula is C39H38N4. The molecule has 214 valence electrons. The maximum Gasteiger partial charge on any atom is 0.128 e. The smallest absolute Gasteiger partial charge is 0.128 e. The summed E-state index contributed by atoms with van der Waals surface area (Å²) < 4.78 is 0. The number of anilines is 1. The summed E-state index contributed by atoms with van der Waals surface area (Å²) in [6.07, 6.45) is 21.2. The van der Waals surface area contributed by atoms with Crippen molar-refractivity contribution in [3.05, 3.63) is 156 Å². The van der Waals surface area contributed by atoms with Crippen LogP contribution in [0.4, 0.5) is 5.69 Å². The summed E-state index contributed by atoms with van der Waals surface area (Å²) in [7, 11) is 0. The highest BCUT2D eigenvalue weighted by Gasteiger charge is 2.17. The number of hydrogen-bond acceptors (Lipinski definition) is 3. The van der Waals surface area contributed by atoms with Gasteiger partial charge in [-0.1, -0.05) is 134 Å². The zero-order chi connectivity index (χ0) is 29.4. The third-order valence-corrected chi connectivity index (χ3v) is 8.01. The molecule has 4 aromatic carbocycles. The van der Waals surface area contributed by atoms with Crippen LogP contribution in [0.2, 0.25) is 0 Å². The topological polar surface area (TPSA) is 62.4 Å². The van der Waals surface area contributed by atoms with Gasteiger partial charge in [0.2, 0.25) is 0 Å². The minimum absolute atomic E-state index is 0.0468. The van der Waals surface area contributed by atoms with Crippen LogP contribution in [0.15, 0.2) is 144 Å². The standard InChI is InChI=1S/C39H38N4/c1-28(29-13-7-5-3-2-4-6-8-14-29)42-39(35-25-20-30-15-9-10-16-34(30)27-35)43-38(40)33-23-21-31(22-24-33)36-19-11-17-32-18-12-26-41-37(32)36/h2-3,5,7-25,27-28,39,41-42H,4,6,26H2,1H3,(H2,40,43)/b3-2-,7-5+,14-8?,29-13?. The lowest BCUT2D eigenvalue weighted by Gasteiger charge is -2.23. The first-order valence-electron chi connectivity index (χ1n) is 15.1. The number of aliphatic imine (C=N–C) groups is 1. The number of allylic oxidation sites excluding steroid dienone is 6. The molecule has 0 bridgehead atoms. The van der Waals surface area contributed by atoms with E-state index in [1.54, 1.807) is 0 Å². The molecule has 1 aliphatic heterocycles. The summed E-state index contributed by atoms with van der Waals surface area (Å²) >= 11 is 0. The molecule has 43 heavy (non-hydrogen) atoms. The van der Waals surface area contributed by atoms with E-state index in [0.717, 1.165) is 36.1 Å². The predicted molar refractivity (Wildman–Crippen MR) is 184 cm³/mol. The molecule has 0 radical (unpaired) electrons. The van der Waals surface area contributed by atoms with Crippen LogP contribution in [0.3, 0.4) is 0 Å². The van der Waals surface area contributed by atoms with Crippen molar-refractivity contribution in [2.24, 2.45) is 10.7 Å². The highest BCUT2D eigenvalue weighted by molar-refractivity contribution is 5.98. The van der Waals surface area contributed by atoms with Gasteiger partial charge in [0.25, 0.3) is 0 Å². The average Bonchev–Trinajstić information content (AvgIpc) is 3.06. The lowest BCUT2D eigenvalue weighted by molar-refractivity contribution is 0.510. The third-order valence-electron chi connectivity index (χ3n) is 8.01. The summed E-state index contributed by atoms with van der Waals surface area (Å²) in [5.41, 5.74) is 14.6. The van der Waals surface area contributed by atoms with Crippen LogP contribution in [-0.2, 0) is 0 Å². The number of hydrogen-bond donors (Lipinski definition) is 3. The Hall–Kier alpha value is -4.93. The normalized spacial score (nSPS) is 17.8.